The average Bonchev–Trinajstić information content (AvgIpc) is 3.50. The van der Waals surface area contributed by atoms with Crippen LogP contribution in [0.5, 0.6) is 0 Å². The van der Waals surface area contributed by atoms with Crippen molar-refractivity contribution in [3.05, 3.63) is 57.5 Å². The fourth-order valence-electron chi connectivity index (χ4n) is 5.59. The van der Waals surface area contributed by atoms with Gasteiger partial charge in [-0.15, -0.1) is 0 Å². The van der Waals surface area contributed by atoms with Gasteiger partial charge in [-0.3, -0.25) is 19.5 Å². The van der Waals surface area contributed by atoms with Gasteiger partial charge in [0.2, 0.25) is 5.91 Å². The zero-order valence-corrected chi connectivity index (χ0v) is 18.8. The van der Waals surface area contributed by atoms with Gasteiger partial charge >= 0.3 is 0 Å². The van der Waals surface area contributed by atoms with E-state index >= 15 is 0 Å². The van der Waals surface area contributed by atoms with Gasteiger partial charge in [0.15, 0.2) is 0 Å². The summed E-state index contributed by atoms with van der Waals surface area (Å²) in [6.07, 6.45) is 12.2. The molecule has 1 saturated heterocycles. The predicted molar refractivity (Wildman–Crippen MR) is 122 cm³/mol. The molecule has 1 N–H and O–H groups in total. The maximum atomic E-state index is 12.8. The summed E-state index contributed by atoms with van der Waals surface area (Å²) in [5.41, 5.74) is 2.88. The fraction of sp³-hybridized carbons (Fsp3) is 0.600. The minimum Gasteiger partial charge on any atom is -0.342 e. The third-order valence-electron chi connectivity index (χ3n) is 7.47. The number of H-pyrrole nitrogens is 1. The van der Waals surface area contributed by atoms with Gasteiger partial charge in [0, 0.05) is 63.0 Å². The van der Waals surface area contributed by atoms with E-state index in [0.29, 0.717) is 25.9 Å². The first-order valence-corrected chi connectivity index (χ1v) is 12.2. The molecule has 1 saturated carbocycles. The van der Waals surface area contributed by atoms with Gasteiger partial charge in [-0.05, 0) is 36.8 Å². The molecule has 0 aromatic carbocycles. The number of rotatable bonds is 6. The third-order valence-corrected chi connectivity index (χ3v) is 7.47. The fourth-order valence-corrected chi connectivity index (χ4v) is 5.59. The second-order valence-electron chi connectivity index (χ2n) is 9.71. The summed E-state index contributed by atoms with van der Waals surface area (Å²) in [5.74, 6) is 1.88. The van der Waals surface area contributed by atoms with E-state index in [2.05, 4.69) is 20.9 Å². The first-order valence-electron chi connectivity index (χ1n) is 12.2. The molecule has 5 rings (SSSR count). The Morgan fingerprint density at radius 1 is 1.19 bits per heavy atom. The van der Waals surface area contributed by atoms with Crippen LogP contribution < -0.4 is 5.56 Å². The number of carbonyl (C=O) groups excluding carboxylic acids is 1. The zero-order valence-electron chi connectivity index (χ0n) is 18.8. The molecular formula is C25H33N5O2. The average molecular weight is 436 g/mol. The Morgan fingerprint density at radius 3 is 2.88 bits per heavy atom. The number of nitrogens with one attached hydrogen (secondary N) is 1. The monoisotopic (exact) mass is 435 g/mol. The van der Waals surface area contributed by atoms with E-state index in [1.807, 2.05) is 17.2 Å². The topological polar surface area (TPSA) is 82.2 Å². The summed E-state index contributed by atoms with van der Waals surface area (Å²) in [6, 6.07) is 4.03. The van der Waals surface area contributed by atoms with Gasteiger partial charge in [0.25, 0.3) is 5.56 Å². The molecule has 2 aromatic rings. The quantitative estimate of drug-likeness (QED) is 0.754. The van der Waals surface area contributed by atoms with Gasteiger partial charge < -0.3 is 9.88 Å². The summed E-state index contributed by atoms with van der Waals surface area (Å²) in [6.45, 7) is 3.77. The van der Waals surface area contributed by atoms with Crippen LogP contribution in [0.3, 0.4) is 0 Å². The summed E-state index contributed by atoms with van der Waals surface area (Å²) in [4.78, 5) is 41.9. The summed E-state index contributed by atoms with van der Waals surface area (Å²) in [7, 11) is 0. The Labute approximate surface area is 189 Å². The molecule has 1 amide bonds. The second-order valence-corrected chi connectivity index (χ2v) is 9.71. The molecule has 4 heterocycles. The number of hydrogen-bond acceptors (Lipinski definition) is 5. The zero-order chi connectivity index (χ0) is 21.9. The van der Waals surface area contributed by atoms with Crippen LogP contribution in [0.25, 0.3) is 0 Å². The highest BCUT2D eigenvalue weighted by atomic mass is 16.2. The van der Waals surface area contributed by atoms with Crippen LogP contribution in [-0.4, -0.2) is 50.3 Å². The van der Waals surface area contributed by atoms with Crippen LogP contribution in [0.15, 0.2) is 29.3 Å². The van der Waals surface area contributed by atoms with Gasteiger partial charge in [-0.1, -0.05) is 31.7 Å². The maximum absolute atomic E-state index is 12.8. The molecule has 1 atom stereocenters. The Bertz CT molecular complexity index is 999. The van der Waals surface area contributed by atoms with Gasteiger partial charge in [-0.25, -0.2) is 4.98 Å². The van der Waals surface area contributed by atoms with Crippen molar-refractivity contribution in [2.75, 3.05) is 19.6 Å². The van der Waals surface area contributed by atoms with Gasteiger partial charge in [0.05, 0.1) is 5.69 Å². The molecule has 0 spiro atoms. The number of likely N-dealkylation sites (tertiary alicyclic amines) is 1. The Kier molecular flexibility index (Phi) is 6.35. The number of aromatic amines is 1. The predicted octanol–water partition coefficient (Wildman–Crippen LogP) is 3.01. The largest absolute Gasteiger partial charge is 0.342 e. The van der Waals surface area contributed by atoms with Crippen molar-refractivity contribution in [3.63, 3.8) is 0 Å². The van der Waals surface area contributed by atoms with E-state index in [-0.39, 0.29) is 17.4 Å². The molecule has 7 nitrogen and oxygen atoms in total. The standard InChI is InChI=1S/C25H33N5O2/c31-23(8-7-18-4-1-2-5-18)30-13-9-20(16-30)24-27-22-17-29(12-10-21(22)25(32)28-24)15-19-6-3-11-26-14-19/h3,6,11,14,18,20H,1-2,4-5,7-10,12-13,15-17H2,(H,27,28,32). The number of nitrogens with zero attached hydrogens (tertiary/aromatic N) is 4. The van der Waals surface area contributed by atoms with Crippen molar-refractivity contribution in [1.82, 2.24) is 24.8 Å². The van der Waals surface area contributed by atoms with Crippen LogP contribution in [0.1, 0.15) is 73.5 Å². The highest BCUT2D eigenvalue weighted by molar-refractivity contribution is 5.76. The highest BCUT2D eigenvalue weighted by Gasteiger charge is 2.31. The molecule has 7 heteroatoms. The van der Waals surface area contributed by atoms with Crippen LogP contribution in [0.4, 0.5) is 0 Å². The minimum absolute atomic E-state index is 0.00274. The SMILES string of the molecule is O=C(CCC1CCCC1)N1CCC(c2nc3c(c(=O)[nH]2)CCN(Cc2cccnc2)C3)C1. The maximum Gasteiger partial charge on any atom is 0.254 e. The Hall–Kier alpha value is -2.54. The molecule has 32 heavy (non-hydrogen) atoms. The summed E-state index contributed by atoms with van der Waals surface area (Å²) < 4.78 is 0. The molecular weight excluding hydrogens is 402 g/mol. The second kappa shape index (κ2) is 9.53. The molecule has 1 unspecified atom stereocenters. The van der Waals surface area contributed by atoms with Crippen molar-refractivity contribution < 1.29 is 4.79 Å². The molecule has 2 aliphatic heterocycles. The number of carbonyl (C=O) groups is 1. The summed E-state index contributed by atoms with van der Waals surface area (Å²) in [5, 5.41) is 0. The van der Waals surface area contributed by atoms with Crippen LogP contribution >= 0.6 is 0 Å². The first-order chi connectivity index (χ1) is 15.7. The van der Waals surface area contributed by atoms with E-state index in [1.165, 1.54) is 31.2 Å². The van der Waals surface area contributed by atoms with E-state index in [0.717, 1.165) is 55.5 Å². The van der Waals surface area contributed by atoms with E-state index < -0.39 is 0 Å². The van der Waals surface area contributed by atoms with Crippen molar-refractivity contribution in [1.29, 1.82) is 0 Å². The lowest BCUT2D eigenvalue weighted by Crippen LogP contribution is -2.36. The third kappa shape index (κ3) is 4.77. The van der Waals surface area contributed by atoms with Gasteiger partial charge in [-0.2, -0.15) is 0 Å². The smallest absolute Gasteiger partial charge is 0.254 e. The number of aromatic nitrogens is 3. The van der Waals surface area contributed by atoms with Crippen LogP contribution in [0, 0.1) is 5.92 Å². The molecule has 0 bridgehead atoms. The lowest BCUT2D eigenvalue weighted by atomic mass is 10.0. The number of fused-ring (bicyclic) bond motifs is 1. The number of pyridine rings is 1. The molecule has 2 fully saturated rings. The molecule has 2 aromatic heterocycles. The van der Waals surface area contributed by atoms with Crippen molar-refractivity contribution in [2.45, 2.75) is 70.4 Å². The first kappa shape index (κ1) is 21.3. The Balaban J connectivity index is 1.22. The summed E-state index contributed by atoms with van der Waals surface area (Å²) >= 11 is 0. The lowest BCUT2D eigenvalue weighted by molar-refractivity contribution is -0.130. The molecule has 1 aliphatic carbocycles. The van der Waals surface area contributed by atoms with Crippen molar-refractivity contribution in [2.24, 2.45) is 5.92 Å². The molecule has 170 valence electrons. The van der Waals surface area contributed by atoms with E-state index in [4.69, 9.17) is 4.98 Å². The minimum atomic E-state index is -0.00274. The number of hydrogen-bond donors (Lipinski definition) is 1. The van der Waals surface area contributed by atoms with E-state index in [9.17, 15) is 9.59 Å². The van der Waals surface area contributed by atoms with Crippen LogP contribution in [0.2, 0.25) is 0 Å². The molecule has 0 radical (unpaired) electrons. The molecule has 3 aliphatic rings. The van der Waals surface area contributed by atoms with Crippen LogP contribution in [-0.2, 0) is 24.3 Å². The van der Waals surface area contributed by atoms with E-state index in [1.54, 1.807) is 6.20 Å². The van der Waals surface area contributed by atoms with Gasteiger partial charge in [0.1, 0.15) is 5.82 Å². The lowest BCUT2D eigenvalue weighted by Gasteiger charge is -2.28. The van der Waals surface area contributed by atoms with Crippen molar-refractivity contribution in [3.8, 4) is 0 Å². The highest BCUT2D eigenvalue weighted by Crippen LogP contribution is 2.30. The Morgan fingerprint density at radius 2 is 2.06 bits per heavy atom. The number of amides is 1. The van der Waals surface area contributed by atoms with Crippen molar-refractivity contribution >= 4 is 5.91 Å². The normalized spacial score (nSPS) is 21.8.